The van der Waals surface area contributed by atoms with Gasteiger partial charge in [0.15, 0.2) is 18.6 Å². The van der Waals surface area contributed by atoms with Crippen LogP contribution >= 0.6 is 0 Å². The Morgan fingerprint density at radius 2 is 1.91 bits per heavy atom. The molecule has 3 aromatic rings. The molecule has 12 nitrogen and oxygen atoms in total. The number of benzene rings is 1. The van der Waals surface area contributed by atoms with E-state index >= 15 is 0 Å². The third kappa shape index (κ3) is 6.30. The van der Waals surface area contributed by atoms with Gasteiger partial charge in [-0.05, 0) is 22.6 Å². The summed E-state index contributed by atoms with van der Waals surface area (Å²) >= 11 is 0. The highest BCUT2D eigenvalue weighted by Crippen LogP contribution is 2.10. The van der Waals surface area contributed by atoms with Crippen molar-refractivity contribution in [3.05, 3.63) is 65.6 Å². The fourth-order valence-corrected chi connectivity index (χ4v) is 2.56. The van der Waals surface area contributed by atoms with Crippen LogP contribution < -0.4 is 5.32 Å². The number of ether oxygens (including phenoxy) is 3. The fourth-order valence-electron chi connectivity index (χ4n) is 2.56. The Labute approximate surface area is 184 Å². The number of carbonyl (C=O) groups is 1. The van der Waals surface area contributed by atoms with Crippen LogP contribution in [0.4, 0.5) is 10.6 Å². The maximum absolute atomic E-state index is 11.9. The summed E-state index contributed by atoms with van der Waals surface area (Å²) in [6, 6.07) is 14.5. The predicted octanol–water partition coefficient (Wildman–Crippen LogP) is 1.74. The van der Waals surface area contributed by atoms with Crippen LogP contribution in [0, 0.1) is 0 Å². The summed E-state index contributed by atoms with van der Waals surface area (Å²) in [5.74, 6) is 0.750. The molecule has 12 heteroatoms. The number of aromatic nitrogens is 5. The minimum atomic E-state index is -0.686. The van der Waals surface area contributed by atoms with Gasteiger partial charge in [-0.1, -0.05) is 41.6 Å². The van der Waals surface area contributed by atoms with Crippen LogP contribution in [0.3, 0.4) is 0 Å². The lowest BCUT2D eigenvalue weighted by atomic mass is 10.1. The molecule has 0 saturated heterocycles. The Morgan fingerprint density at radius 1 is 1.12 bits per heavy atom. The molecule has 0 aliphatic heterocycles. The lowest BCUT2D eigenvalue weighted by molar-refractivity contribution is -0.127. The maximum atomic E-state index is 11.9. The molecule has 2 aromatic heterocycles. The minimum absolute atomic E-state index is 0.0571. The zero-order chi connectivity index (χ0) is 22.8. The first-order chi connectivity index (χ1) is 15.6. The van der Waals surface area contributed by atoms with Gasteiger partial charge in [-0.3, -0.25) is 5.32 Å². The third-order valence-electron chi connectivity index (χ3n) is 4.16. The van der Waals surface area contributed by atoms with Gasteiger partial charge < -0.3 is 19.0 Å². The van der Waals surface area contributed by atoms with Gasteiger partial charge >= 0.3 is 6.09 Å². The second-order valence-electron chi connectivity index (χ2n) is 6.34. The van der Waals surface area contributed by atoms with Gasteiger partial charge in [0, 0.05) is 26.8 Å². The second kappa shape index (κ2) is 11.5. The SMILES string of the molecule is COC(COC(=O)Nc1cccc(CON=C(c2ccccc2)c2nnnn2C)n1)OC. The lowest BCUT2D eigenvalue weighted by Gasteiger charge is -2.13. The average Bonchev–Trinajstić information content (AvgIpc) is 3.23. The summed E-state index contributed by atoms with van der Waals surface area (Å²) in [6.07, 6.45) is -1.33. The molecule has 0 saturated carbocycles. The second-order valence-corrected chi connectivity index (χ2v) is 6.34. The molecule has 3 rings (SSSR count). The molecule has 0 aliphatic carbocycles. The van der Waals surface area contributed by atoms with E-state index in [1.54, 1.807) is 25.2 Å². The van der Waals surface area contributed by atoms with Gasteiger partial charge in [-0.25, -0.2) is 14.5 Å². The van der Waals surface area contributed by atoms with Crippen LogP contribution in [0.25, 0.3) is 0 Å². The van der Waals surface area contributed by atoms with Crippen LogP contribution in [0.5, 0.6) is 0 Å². The topological polar surface area (TPSA) is 135 Å². The molecular weight excluding hydrogens is 418 g/mol. The maximum Gasteiger partial charge on any atom is 0.412 e. The van der Waals surface area contributed by atoms with Crippen LogP contribution in [-0.4, -0.2) is 64.1 Å². The molecule has 0 radical (unpaired) electrons. The predicted molar refractivity (Wildman–Crippen MR) is 113 cm³/mol. The Hall–Kier alpha value is -3.90. The molecule has 1 aromatic carbocycles. The monoisotopic (exact) mass is 441 g/mol. The van der Waals surface area contributed by atoms with Crippen molar-refractivity contribution in [3.8, 4) is 0 Å². The fraction of sp³-hybridized carbons (Fsp3) is 0.300. The summed E-state index contributed by atoms with van der Waals surface area (Å²) < 4.78 is 16.5. The lowest BCUT2D eigenvalue weighted by Crippen LogP contribution is -2.25. The molecule has 0 aliphatic rings. The first kappa shape index (κ1) is 22.8. The summed E-state index contributed by atoms with van der Waals surface area (Å²) in [4.78, 5) is 21.8. The minimum Gasteiger partial charge on any atom is -0.444 e. The number of nitrogens with one attached hydrogen (secondary N) is 1. The molecule has 0 spiro atoms. The highest BCUT2D eigenvalue weighted by atomic mass is 16.7. The molecule has 168 valence electrons. The van der Waals surface area contributed by atoms with E-state index in [1.807, 2.05) is 30.3 Å². The van der Waals surface area contributed by atoms with E-state index in [0.29, 0.717) is 23.0 Å². The number of amides is 1. The van der Waals surface area contributed by atoms with E-state index in [-0.39, 0.29) is 13.2 Å². The Kier molecular flexibility index (Phi) is 8.17. The molecule has 0 bridgehead atoms. The van der Waals surface area contributed by atoms with Gasteiger partial charge in [-0.2, -0.15) is 0 Å². The number of pyridine rings is 1. The van der Waals surface area contributed by atoms with Gasteiger partial charge in [-0.15, -0.1) is 5.10 Å². The van der Waals surface area contributed by atoms with E-state index < -0.39 is 12.4 Å². The van der Waals surface area contributed by atoms with Crippen molar-refractivity contribution in [3.63, 3.8) is 0 Å². The van der Waals surface area contributed by atoms with Crippen molar-refractivity contribution in [2.45, 2.75) is 12.9 Å². The number of nitrogens with zero attached hydrogens (tertiary/aromatic N) is 6. The van der Waals surface area contributed by atoms with Gasteiger partial charge in [0.25, 0.3) is 0 Å². The Morgan fingerprint density at radius 3 is 2.59 bits per heavy atom. The number of oxime groups is 1. The number of anilines is 1. The molecule has 2 heterocycles. The van der Waals surface area contributed by atoms with Gasteiger partial charge in [0.05, 0.1) is 5.69 Å². The molecule has 32 heavy (non-hydrogen) atoms. The number of hydrogen-bond acceptors (Lipinski definition) is 10. The smallest absolute Gasteiger partial charge is 0.412 e. The van der Waals surface area contributed by atoms with Crippen molar-refractivity contribution >= 4 is 17.6 Å². The molecule has 1 N–H and O–H groups in total. The van der Waals surface area contributed by atoms with Gasteiger partial charge in [0.1, 0.15) is 12.4 Å². The number of tetrazole rings is 1. The third-order valence-corrected chi connectivity index (χ3v) is 4.16. The van der Waals surface area contributed by atoms with E-state index in [4.69, 9.17) is 19.0 Å². The molecule has 0 atom stereocenters. The van der Waals surface area contributed by atoms with Crippen LogP contribution in [0.2, 0.25) is 0 Å². The zero-order valence-electron chi connectivity index (χ0n) is 17.8. The van der Waals surface area contributed by atoms with Crippen molar-refractivity contribution in [1.29, 1.82) is 0 Å². The van der Waals surface area contributed by atoms with Crippen LogP contribution in [-0.2, 0) is 32.7 Å². The quantitative estimate of drug-likeness (QED) is 0.283. The summed E-state index contributed by atoms with van der Waals surface area (Å²) in [5, 5.41) is 18.3. The molecule has 1 amide bonds. The van der Waals surface area contributed by atoms with Crippen molar-refractivity contribution < 1.29 is 23.8 Å². The molecule has 0 unspecified atom stereocenters. The standard InChI is InChI=1S/C20H23N7O5/c1-27-19(23-25-26-27)18(14-8-5-4-6-9-14)24-32-12-15-10-7-11-16(21-15)22-20(28)31-13-17(29-2)30-3/h4-11,17H,12-13H2,1-3H3,(H,21,22,28). The Bertz CT molecular complexity index is 1040. The molecular formula is C20H23N7O5. The highest BCUT2D eigenvalue weighted by Gasteiger charge is 2.15. The number of rotatable bonds is 10. The van der Waals surface area contributed by atoms with E-state index in [9.17, 15) is 4.79 Å². The van der Waals surface area contributed by atoms with Crippen molar-refractivity contribution in [2.24, 2.45) is 12.2 Å². The highest BCUT2D eigenvalue weighted by molar-refractivity contribution is 6.10. The average molecular weight is 441 g/mol. The van der Waals surface area contributed by atoms with Gasteiger partial charge in [0.2, 0.25) is 5.82 Å². The summed E-state index contributed by atoms with van der Waals surface area (Å²) in [5.41, 5.74) is 1.81. The van der Waals surface area contributed by atoms with Crippen molar-refractivity contribution in [1.82, 2.24) is 25.2 Å². The van der Waals surface area contributed by atoms with Crippen molar-refractivity contribution in [2.75, 3.05) is 26.1 Å². The Balaban J connectivity index is 1.64. The van der Waals surface area contributed by atoms with Crippen LogP contribution in [0.1, 0.15) is 17.1 Å². The molecule has 0 fully saturated rings. The normalized spacial score (nSPS) is 11.4. The largest absolute Gasteiger partial charge is 0.444 e. The zero-order valence-corrected chi connectivity index (χ0v) is 17.8. The van der Waals surface area contributed by atoms with E-state index in [2.05, 4.69) is 31.0 Å². The van der Waals surface area contributed by atoms with E-state index in [1.165, 1.54) is 18.9 Å². The van der Waals surface area contributed by atoms with E-state index in [0.717, 1.165) is 5.56 Å². The number of hydrogen-bond donors (Lipinski definition) is 1. The summed E-state index contributed by atoms with van der Waals surface area (Å²) in [7, 11) is 4.62. The first-order valence-corrected chi connectivity index (χ1v) is 9.54. The number of aryl methyl sites for hydroxylation is 1. The number of carbonyl (C=O) groups excluding carboxylic acids is 1. The summed E-state index contributed by atoms with van der Waals surface area (Å²) in [6.45, 7) is -0.00286. The number of methoxy groups -OCH3 is 2. The van der Waals surface area contributed by atoms with Crippen LogP contribution in [0.15, 0.2) is 53.7 Å². The first-order valence-electron chi connectivity index (χ1n) is 9.54.